The average molecular weight is 349 g/mol. The Balaban J connectivity index is 1.38. The molecule has 2 amide bonds. The number of piperazine rings is 1. The molecule has 1 unspecified atom stereocenters. The Morgan fingerprint density at radius 3 is 2.64 bits per heavy atom. The number of benzene rings is 1. The van der Waals surface area contributed by atoms with Gasteiger partial charge in [-0.05, 0) is 25.0 Å². The van der Waals surface area contributed by atoms with Crippen molar-refractivity contribution in [2.24, 2.45) is 0 Å². The highest BCUT2D eigenvalue weighted by atomic mass is 19.1. The van der Waals surface area contributed by atoms with Crippen LogP contribution in [0.5, 0.6) is 0 Å². The van der Waals surface area contributed by atoms with Crippen molar-refractivity contribution in [1.29, 1.82) is 0 Å². The van der Waals surface area contributed by atoms with Gasteiger partial charge in [0.2, 0.25) is 5.91 Å². The number of para-hydroxylation sites is 1. The molecule has 25 heavy (non-hydrogen) atoms. The molecule has 2 heterocycles. The lowest BCUT2D eigenvalue weighted by Gasteiger charge is -2.35. The first kappa shape index (κ1) is 17.8. The largest absolute Gasteiger partial charge is 0.368 e. The van der Waals surface area contributed by atoms with Crippen LogP contribution in [0.25, 0.3) is 0 Å². The van der Waals surface area contributed by atoms with E-state index in [1.165, 1.54) is 6.07 Å². The van der Waals surface area contributed by atoms with Crippen LogP contribution in [0.1, 0.15) is 19.3 Å². The summed E-state index contributed by atoms with van der Waals surface area (Å²) < 4.78 is 19.0. The van der Waals surface area contributed by atoms with Gasteiger partial charge < -0.3 is 15.0 Å². The summed E-state index contributed by atoms with van der Waals surface area (Å²) in [5, 5.41) is 2.59. The summed E-state index contributed by atoms with van der Waals surface area (Å²) >= 11 is 0. The van der Waals surface area contributed by atoms with Crippen LogP contribution < -0.4 is 5.32 Å². The molecule has 0 saturated carbocycles. The summed E-state index contributed by atoms with van der Waals surface area (Å²) in [5.41, 5.74) is 0.208. The van der Waals surface area contributed by atoms with Gasteiger partial charge in [-0.3, -0.25) is 14.5 Å². The third-order valence-corrected chi connectivity index (χ3v) is 4.69. The number of halogens is 1. The molecule has 2 saturated heterocycles. The van der Waals surface area contributed by atoms with Gasteiger partial charge in [0.15, 0.2) is 0 Å². The summed E-state index contributed by atoms with van der Waals surface area (Å²) in [5.74, 6) is -0.547. The quantitative estimate of drug-likeness (QED) is 0.875. The monoisotopic (exact) mass is 349 g/mol. The summed E-state index contributed by atoms with van der Waals surface area (Å²) in [6.45, 7) is 4.08. The molecule has 0 spiro atoms. The van der Waals surface area contributed by atoms with Gasteiger partial charge in [-0.25, -0.2) is 4.39 Å². The van der Waals surface area contributed by atoms with Crippen molar-refractivity contribution < 1.29 is 18.7 Å². The van der Waals surface area contributed by atoms with Crippen molar-refractivity contribution in [2.45, 2.75) is 25.4 Å². The van der Waals surface area contributed by atoms with Crippen molar-refractivity contribution in [3.05, 3.63) is 30.1 Å². The molecule has 6 nitrogen and oxygen atoms in total. The summed E-state index contributed by atoms with van der Waals surface area (Å²) in [7, 11) is 0. The summed E-state index contributed by atoms with van der Waals surface area (Å²) in [6.07, 6.45) is 1.80. The zero-order valence-corrected chi connectivity index (χ0v) is 14.2. The van der Waals surface area contributed by atoms with E-state index < -0.39 is 5.82 Å². The lowest BCUT2D eigenvalue weighted by molar-refractivity contribution is -0.142. The van der Waals surface area contributed by atoms with Gasteiger partial charge in [-0.15, -0.1) is 0 Å². The smallest absolute Gasteiger partial charge is 0.251 e. The lowest BCUT2D eigenvalue weighted by atomic mass is 10.2. The van der Waals surface area contributed by atoms with Crippen molar-refractivity contribution in [2.75, 3.05) is 44.6 Å². The molecule has 0 aromatic heterocycles. The van der Waals surface area contributed by atoms with Gasteiger partial charge in [0, 0.05) is 45.8 Å². The third kappa shape index (κ3) is 4.76. The fraction of sp³-hybridized carbons (Fsp3) is 0.556. The van der Waals surface area contributed by atoms with E-state index in [1.807, 2.05) is 4.90 Å². The molecule has 0 radical (unpaired) electrons. The first-order valence-electron chi connectivity index (χ1n) is 8.80. The molecule has 2 aliphatic rings. The number of nitrogens with one attached hydrogen (secondary N) is 1. The molecule has 3 rings (SSSR count). The van der Waals surface area contributed by atoms with Crippen LogP contribution in [0.2, 0.25) is 0 Å². The predicted molar refractivity (Wildman–Crippen MR) is 91.6 cm³/mol. The molecule has 2 aliphatic heterocycles. The number of anilines is 1. The standard InChI is InChI=1S/C18H24FN3O3/c19-14-4-1-2-5-15(14)20-17(23)7-8-21-9-11-22(12-10-21)18(24)16-6-3-13-25-16/h1-2,4-5,16H,3,6-13H2,(H,20,23). The van der Waals surface area contributed by atoms with E-state index in [2.05, 4.69) is 10.2 Å². The van der Waals surface area contributed by atoms with E-state index >= 15 is 0 Å². The first-order chi connectivity index (χ1) is 12.1. The van der Waals surface area contributed by atoms with E-state index in [0.29, 0.717) is 32.7 Å². The highest BCUT2D eigenvalue weighted by Gasteiger charge is 2.30. The van der Waals surface area contributed by atoms with Crippen molar-refractivity contribution in [1.82, 2.24) is 9.80 Å². The number of rotatable bonds is 5. The lowest BCUT2D eigenvalue weighted by Crippen LogP contribution is -2.51. The molecule has 7 heteroatoms. The minimum Gasteiger partial charge on any atom is -0.368 e. The van der Waals surface area contributed by atoms with E-state index in [1.54, 1.807) is 18.2 Å². The minimum absolute atomic E-state index is 0.0921. The Morgan fingerprint density at radius 1 is 1.20 bits per heavy atom. The Labute approximate surface area is 146 Å². The molecule has 1 atom stereocenters. The molecule has 1 aromatic rings. The number of carbonyl (C=O) groups excluding carboxylic acids is 2. The fourth-order valence-electron chi connectivity index (χ4n) is 3.20. The minimum atomic E-state index is -0.433. The third-order valence-electron chi connectivity index (χ3n) is 4.69. The second-order valence-corrected chi connectivity index (χ2v) is 6.45. The Bertz CT molecular complexity index is 611. The van der Waals surface area contributed by atoms with Crippen molar-refractivity contribution in [3.8, 4) is 0 Å². The SMILES string of the molecule is O=C(CCN1CCN(C(=O)C2CCCO2)CC1)Nc1ccccc1F. The van der Waals surface area contributed by atoms with Crippen LogP contribution in [-0.4, -0.2) is 67.0 Å². The number of ether oxygens (including phenoxy) is 1. The highest BCUT2D eigenvalue weighted by Crippen LogP contribution is 2.16. The number of hydrogen-bond acceptors (Lipinski definition) is 4. The van der Waals surface area contributed by atoms with E-state index in [0.717, 1.165) is 25.9 Å². The van der Waals surface area contributed by atoms with Crippen molar-refractivity contribution in [3.63, 3.8) is 0 Å². The average Bonchev–Trinajstić information content (AvgIpc) is 3.16. The van der Waals surface area contributed by atoms with E-state index in [4.69, 9.17) is 4.74 Å². The van der Waals surface area contributed by atoms with Crippen LogP contribution in [0, 0.1) is 5.82 Å². The highest BCUT2D eigenvalue weighted by molar-refractivity contribution is 5.90. The van der Waals surface area contributed by atoms with E-state index in [-0.39, 0.29) is 23.6 Å². The summed E-state index contributed by atoms with van der Waals surface area (Å²) in [4.78, 5) is 28.3. The maximum atomic E-state index is 13.5. The Kier molecular flexibility index (Phi) is 5.99. The van der Waals surface area contributed by atoms with Gasteiger partial charge in [0.1, 0.15) is 11.9 Å². The Morgan fingerprint density at radius 2 is 1.96 bits per heavy atom. The van der Waals surface area contributed by atoms with Crippen LogP contribution in [0.4, 0.5) is 10.1 Å². The van der Waals surface area contributed by atoms with Gasteiger partial charge in [0.05, 0.1) is 5.69 Å². The van der Waals surface area contributed by atoms with Crippen molar-refractivity contribution >= 4 is 17.5 Å². The maximum Gasteiger partial charge on any atom is 0.251 e. The molecule has 1 N–H and O–H groups in total. The van der Waals surface area contributed by atoms with Gasteiger partial charge in [0.25, 0.3) is 5.91 Å². The molecule has 136 valence electrons. The number of amides is 2. The van der Waals surface area contributed by atoms with Gasteiger partial charge in [-0.2, -0.15) is 0 Å². The van der Waals surface area contributed by atoms with E-state index in [9.17, 15) is 14.0 Å². The van der Waals surface area contributed by atoms with Crippen LogP contribution in [-0.2, 0) is 14.3 Å². The summed E-state index contributed by atoms with van der Waals surface area (Å²) in [6, 6.07) is 6.13. The second-order valence-electron chi connectivity index (χ2n) is 6.45. The maximum absolute atomic E-state index is 13.5. The second kappa shape index (κ2) is 8.40. The zero-order valence-electron chi connectivity index (χ0n) is 14.2. The molecule has 1 aromatic carbocycles. The number of hydrogen-bond donors (Lipinski definition) is 1. The van der Waals surface area contributed by atoms with Crippen LogP contribution in [0.15, 0.2) is 24.3 Å². The Hall–Kier alpha value is -1.99. The fourth-order valence-corrected chi connectivity index (χ4v) is 3.20. The predicted octanol–water partition coefficient (Wildman–Crippen LogP) is 1.48. The number of nitrogens with zero attached hydrogens (tertiary/aromatic N) is 2. The van der Waals surface area contributed by atoms with Gasteiger partial charge in [-0.1, -0.05) is 12.1 Å². The zero-order chi connectivity index (χ0) is 17.6. The van der Waals surface area contributed by atoms with Gasteiger partial charge >= 0.3 is 0 Å². The first-order valence-corrected chi connectivity index (χ1v) is 8.80. The topological polar surface area (TPSA) is 61.9 Å². The number of carbonyl (C=O) groups is 2. The van der Waals surface area contributed by atoms with Crippen LogP contribution >= 0.6 is 0 Å². The molecule has 0 aliphatic carbocycles. The normalized spacial score (nSPS) is 21.3. The molecule has 0 bridgehead atoms. The molecular formula is C18H24FN3O3. The van der Waals surface area contributed by atoms with Crippen LogP contribution in [0.3, 0.4) is 0 Å². The molecular weight excluding hydrogens is 325 g/mol. The molecule has 2 fully saturated rings.